The Labute approximate surface area is 150 Å². The fourth-order valence-electron chi connectivity index (χ4n) is 3.21. The van der Waals surface area contributed by atoms with Crippen LogP contribution in [0.2, 0.25) is 0 Å². The number of fused-ring (bicyclic) bond motifs is 5. The summed E-state index contributed by atoms with van der Waals surface area (Å²) in [6.45, 7) is 3.14. The molecule has 5 nitrogen and oxygen atoms in total. The second-order valence-corrected chi connectivity index (χ2v) is 6.12. The van der Waals surface area contributed by atoms with E-state index in [1.807, 2.05) is 36.4 Å². The molecule has 26 heavy (non-hydrogen) atoms. The van der Waals surface area contributed by atoms with Crippen molar-refractivity contribution < 1.29 is 23.8 Å². The summed E-state index contributed by atoms with van der Waals surface area (Å²) in [5.41, 5.74) is 2.99. The average Bonchev–Trinajstić information content (AvgIpc) is 2.59. The number of carbonyl (C=O) groups is 2. The van der Waals surface area contributed by atoms with Gasteiger partial charge < -0.3 is 14.2 Å². The molecule has 3 aromatic carbocycles. The van der Waals surface area contributed by atoms with Crippen molar-refractivity contribution in [3.05, 3.63) is 54.1 Å². The number of ether oxygens (including phenoxy) is 3. The maximum Gasteiger partial charge on any atom is 0.308 e. The molecule has 0 N–H and O–H groups in total. The summed E-state index contributed by atoms with van der Waals surface area (Å²) in [4.78, 5) is 22.3. The van der Waals surface area contributed by atoms with Crippen LogP contribution in [-0.4, -0.2) is 11.9 Å². The minimum atomic E-state index is -0.351. The predicted molar refractivity (Wildman–Crippen MR) is 96.3 cm³/mol. The first-order valence-corrected chi connectivity index (χ1v) is 8.21. The fourth-order valence-corrected chi connectivity index (χ4v) is 3.21. The smallest absolute Gasteiger partial charge is 0.308 e. The lowest BCUT2D eigenvalue weighted by molar-refractivity contribution is -0.132. The molecule has 0 radical (unpaired) electrons. The van der Waals surface area contributed by atoms with E-state index in [1.165, 1.54) is 13.8 Å². The van der Waals surface area contributed by atoms with E-state index in [1.54, 1.807) is 12.1 Å². The normalized spacial score (nSPS) is 11.9. The van der Waals surface area contributed by atoms with E-state index in [9.17, 15) is 9.59 Å². The Balaban J connectivity index is 1.78. The second-order valence-electron chi connectivity index (χ2n) is 6.12. The van der Waals surface area contributed by atoms with E-state index < -0.39 is 0 Å². The van der Waals surface area contributed by atoms with E-state index in [0.717, 1.165) is 33.2 Å². The molecule has 0 saturated heterocycles. The molecule has 0 saturated carbocycles. The maximum atomic E-state index is 11.1. The summed E-state index contributed by atoms with van der Waals surface area (Å²) < 4.78 is 16.3. The Kier molecular flexibility index (Phi) is 3.84. The largest absolute Gasteiger partial charge is 0.488 e. The molecule has 0 amide bonds. The quantitative estimate of drug-likeness (QED) is 0.512. The molecule has 0 fully saturated rings. The van der Waals surface area contributed by atoms with Crippen LogP contribution in [0.5, 0.6) is 17.2 Å². The van der Waals surface area contributed by atoms with Gasteiger partial charge in [-0.2, -0.15) is 0 Å². The van der Waals surface area contributed by atoms with Crippen LogP contribution in [0.15, 0.2) is 48.5 Å². The molecule has 1 aliphatic heterocycles. The molecule has 0 aliphatic carbocycles. The summed E-state index contributed by atoms with van der Waals surface area (Å²) in [5, 5.41) is 1.88. The Hall–Kier alpha value is -3.34. The first-order chi connectivity index (χ1) is 12.5. The molecule has 1 heterocycles. The lowest BCUT2D eigenvalue weighted by atomic mass is 9.94. The van der Waals surface area contributed by atoms with Crippen LogP contribution in [0, 0.1) is 0 Å². The lowest BCUT2D eigenvalue weighted by Gasteiger charge is -2.23. The number of benzene rings is 3. The molecule has 0 aromatic heterocycles. The molecule has 3 aromatic rings. The Morgan fingerprint density at radius 2 is 1.50 bits per heavy atom. The van der Waals surface area contributed by atoms with E-state index in [4.69, 9.17) is 14.2 Å². The molecular weight excluding hydrogens is 332 g/mol. The van der Waals surface area contributed by atoms with Crippen LogP contribution in [0.3, 0.4) is 0 Å². The van der Waals surface area contributed by atoms with Crippen LogP contribution in [0.1, 0.15) is 19.4 Å². The summed E-state index contributed by atoms with van der Waals surface area (Å²) in [5.74, 6) is 1.11. The topological polar surface area (TPSA) is 61.8 Å². The molecule has 1 aliphatic rings. The highest BCUT2D eigenvalue weighted by molar-refractivity contribution is 5.97. The van der Waals surface area contributed by atoms with Gasteiger partial charge in [-0.1, -0.05) is 12.1 Å². The van der Waals surface area contributed by atoms with E-state index in [2.05, 4.69) is 0 Å². The SMILES string of the molecule is CC(=O)Oc1ccc2c(c1)COc1c-2ccc2cc(OC(C)=O)ccc12. The number of carbonyl (C=O) groups excluding carboxylic acids is 2. The van der Waals surface area contributed by atoms with Crippen molar-refractivity contribution in [1.29, 1.82) is 0 Å². The van der Waals surface area contributed by atoms with Gasteiger partial charge in [0.1, 0.15) is 23.9 Å². The van der Waals surface area contributed by atoms with E-state index in [0.29, 0.717) is 18.1 Å². The Morgan fingerprint density at radius 1 is 0.846 bits per heavy atom. The van der Waals surface area contributed by atoms with Gasteiger partial charge in [0.25, 0.3) is 0 Å². The number of rotatable bonds is 2. The third kappa shape index (κ3) is 2.88. The van der Waals surface area contributed by atoms with Gasteiger partial charge in [-0.3, -0.25) is 9.59 Å². The van der Waals surface area contributed by atoms with Crippen molar-refractivity contribution >= 4 is 22.7 Å². The van der Waals surface area contributed by atoms with Gasteiger partial charge in [0.05, 0.1) is 0 Å². The second kappa shape index (κ2) is 6.19. The number of esters is 2. The highest BCUT2D eigenvalue weighted by atomic mass is 16.5. The molecule has 4 rings (SSSR count). The third-order valence-electron chi connectivity index (χ3n) is 4.20. The van der Waals surface area contributed by atoms with Gasteiger partial charge in [-0.05, 0) is 47.3 Å². The maximum absolute atomic E-state index is 11.1. The summed E-state index contributed by atoms with van der Waals surface area (Å²) in [6.07, 6.45) is 0. The predicted octanol–water partition coefficient (Wildman–Crippen LogP) is 4.25. The van der Waals surface area contributed by atoms with Crippen molar-refractivity contribution in [3.8, 4) is 28.4 Å². The van der Waals surface area contributed by atoms with E-state index in [-0.39, 0.29) is 11.9 Å². The number of hydrogen-bond donors (Lipinski definition) is 0. The lowest BCUT2D eigenvalue weighted by Crippen LogP contribution is -2.08. The average molecular weight is 348 g/mol. The zero-order valence-electron chi connectivity index (χ0n) is 14.4. The van der Waals surface area contributed by atoms with Gasteiger partial charge in [0.2, 0.25) is 0 Å². The van der Waals surface area contributed by atoms with Gasteiger partial charge in [-0.15, -0.1) is 0 Å². The minimum Gasteiger partial charge on any atom is -0.488 e. The zero-order valence-corrected chi connectivity index (χ0v) is 14.4. The fraction of sp³-hybridized carbons (Fsp3) is 0.143. The number of hydrogen-bond acceptors (Lipinski definition) is 5. The van der Waals surface area contributed by atoms with Gasteiger partial charge in [0, 0.05) is 30.4 Å². The zero-order chi connectivity index (χ0) is 18.3. The molecule has 0 bridgehead atoms. The van der Waals surface area contributed by atoms with Crippen LogP contribution in [-0.2, 0) is 16.2 Å². The standard InChI is InChI=1S/C21H16O5/c1-12(22)25-16-5-8-19-14(9-16)3-6-20-18-7-4-17(26-13(2)23)10-15(18)11-24-21(19)20/h3-10H,11H2,1-2H3. The monoisotopic (exact) mass is 348 g/mol. The molecular formula is C21H16O5. The third-order valence-corrected chi connectivity index (χ3v) is 4.20. The summed E-state index contributed by atoms with van der Waals surface area (Å²) in [6, 6.07) is 15.0. The van der Waals surface area contributed by atoms with E-state index >= 15 is 0 Å². The first kappa shape index (κ1) is 16.1. The molecule has 0 atom stereocenters. The van der Waals surface area contributed by atoms with Crippen molar-refractivity contribution in [1.82, 2.24) is 0 Å². The molecule has 5 heteroatoms. The van der Waals surface area contributed by atoms with Crippen LogP contribution in [0.25, 0.3) is 21.9 Å². The van der Waals surface area contributed by atoms with Crippen molar-refractivity contribution in [3.63, 3.8) is 0 Å². The van der Waals surface area contributed by atoms with Crippen LogP contribution < -0.4 is 14.2 Å². The Morgan fingerprint density at radius 3 is 2.23 bits per heavy atom. The summed E-state index contributed by atoms with van der Waals surface area (Å²) in [7, 11) is 0. The first-order valence-electron chi connectivity index (χ1n) is 8.21. The van der Waals surface area contributed by atoms with Crippen LogP contribution in [0.4, 0.5) is 0 Å². The van der Waals surface area contributed by atoms with Gasteiger partial charge >= 0.3 is 11.9 Å². The molecule has 0 spiro atoms. The van der Waals surface area contributed by atoms with Gasteiger partial charge in [-0.25, -0.2) is 0 Å². The van der Waals surface area contributed by atoms with Gasteiger partial charge in [0.15, 0.2) is 0 Å². The van der Waals surface area contributed by atoms with Crippen LogP contribution >= 0.6 is 0 Å². The minimum absolute atomic E-state index is 0.350. The van der Waals surface area contributed by atoms with Crippen molar-refractivity contribution in [2.45, 2.75) is 20.5 Å². The van der Waals surface area contributed by atoms with Crippen molar-refractivity contribution in [2.75, 3.05) is 0 Å². The van der Waals surface area contributed by atoms with Crippen molar-refractivity contribution in [2.24, 2.45) is 0 Å². The Bertz CT molecular complexity index is 1050. The molecule has 0 unspecified atom stereocenters. The molecule has 130 valence electrons. The highest BCUT2D eigenvalue weighted by Gasteiger charge is 2.20. The highest BCUT2D eigenvalue weighted by Crippen LogP contribution is 2.43. The summed E-state index contributed by atoms with van der Waals surface area (Å²) >= 11 is 0.